The van der Waals surface area contributed by atoms with Gasteiger partial charge in [-0.15, -0.1) is 0 Å². The van der Waals surface area contributed by atoms with Gasteiger partial charge in [0, 0.05) is 10.5 Å². The van der Waals surface area contributed by atoms with Crippen LogP contribution in [0.5, 0.6) is 0 Å². The minimum atomic E-state index is -0.423. The molecule has 0 amide bonds. The van der Waals surface area contributed by atoms with E-state index in [0.29, 0.717) is 17.7 Å². The van der Waals surface area contributed by atoms with Crippen molar-refractivity contribution in [2.24, 2.45) is 0 Å². The SMILES string of the molecule is CCOC(=O)/C=C/c1cc(C(=O)OC)ccc1Br. The van der Waals surface area contributed by atoms with Crippen LogP contribution in [0.4, 0.5) is 0 Å². The molecule has 4 nitrogen and oxygen atoms in total. The maximum Gasteiger partial charge on any atom is 0.337 e. The molecule has 0 fully saturated rings. The maximum atomic E-state index is 11.4. The van der Waals surface area contributed by atoms with Crippen molar-refractivity contribution >= 4 is 33.9 Å². The van der Waals surface area contributed by atoms with Gasteiger partial charge in [0.1, 0.15) is 0 Å². The summed E-state index contributed by atoms with van der Waals surface area (Å²) in [6.45, 7) is 2.06. The van der Waals surface area contributed by atoms with Crippen LogP contribution in [-0.4, -0.2) is 25.7 Å². The van der Waals surface area contributed by atoms with Crippen molar-refractivity contribution in [2.45, 2.75) is 6.92 Å². The number of hydrogen-bond donors (Lipinski definition) is 0. The van der Waals surface area contributed by atoms with E-state index in [1.165, 1.54) is 13.2 Å². The topological polar surface area (TPSA) is 52.6 Å². The van der Waals surface area contributed by atoms with E-state index in [2.05, 4.69) is 20.7 Å². The number of rotatable bonds is 4. The van der Waals surface area contributed by atoms with Gasteiger partial charge in [0.15, 0.2) is 0 Å². The Balaban J connectivity index is 2.94. The van der Waals surface area contributed by atoms with Gasteiger partial charge in [0.25, 0.3) is 0 Å². The molecule has 96 valence electrons. The van der Waals surface area contributed by atoms with Crippen molar-refractivity contribution in [3.05, 3.63) is 39.9 Å². The summed E-state index contributed by atoms with van der Waals surface area (Å²) < 4.78 is 10.2. The molecule has 0 atom stereocenters. The van der Waals surface area contributed by atoms with E-state index >= 15 is 0 Å². The monoisotopic (exact) mass is 312 g/mol. The maximum absolute atomic E-state index is 11.4. The summed E-state index contributed by atoms with van der Waals surface area (Å²) in [5.74, 6) is -0.846. The molecule has 0 aromatic heterocycles. The second-order valence-electron chi connectivity index (χ2n) is 3.31. The summed E-state index contributed by atoms with van der Waals surface area (Å²) in [5, 5.41) is 0. The number of esters is 2. The Kier molecular flexibility index (Phi) is 5.58. The minimum Gasteiger partial charge on any atom is -0.465 e. The molecule has 0 saturated carbocycles. The van der Waals surface area contributed by atoms with Gasteiger partial charge in [-0.1, -0.05) is 15.9 Å². The average molecular weight is 313 g/mol. The minimum absolute atomic E-state index is 0.326. The molecule has 5 heteroatoms. The van der Waals surface area contributed by atoms with Gasteiger partial charge in [0.2, 0.25) is 0 Å². The molecular weight excluding hydrogens is 300 g/mol. The second kappa shape index (κ2) is 6.96. The van der Waals surface area contributed by atoms with Crippen molar-refractivity contribution in [3.63, 3.8) is 0 Å². The Morgan fingerprint density at radius 3 is 2.72 bits per heavy atom. The molecule has 0 spiro atoms. The molecule has 0 heterocycles. The van der Waals surface area contributed by atoms with Crippen LogP contribution in [-0.2, 0) is 14.3 Å². The quantitative estimate of drug-likeness (QED) is 0.633. The standard InChI is InChI=1S/C13H13BrO4/c1-3-18-12(15)7-5-9-8-10(13(16)17-2)4-6-11(9)14/h4-8H,3H2,1-2H3/b7-5+. The van der Waals surface area contributed by atoms with Crippen LogP contribution in [0.3, 0.4) is 0 Å². The fraction of sp³-hybridized carbons (Fsp3) is 0.231. The largest absolute Gasteiger partial charge is 0.465 e. The normalized spacial score (nSPS) is 10.4. The van der Waals surface area contributed by atoms with Gasteiger partial charge in [-0.3, -0.25) is 0 Å². The van der Waals surface area contributed by atoms with Crippen LogP contribution in [0, 0.1) is 0 Å². The van der Waals surface area contributed by atoms with E-state index in [-0.39, 0.29) is 0 Å². The molecule has 0 aliphatic rings. The molecule has 0 radical (unpaired) electrons. The highest BCUT2D eigenvalue weighted by Gasteiger charge is 2.07. The molecule has 0 N–H and O–H groups in total. The predicted molar refractivity (Wildman–Crippen MR) is 71.1 cm³/mol. The number of halogens is 1. The number of hydrogen-bond acceptors (Lipinski definition) is 4. The van der Waals surface area contributed by atoms with Crippen molar-refractivity contribution < 1.29 is 19.1 Å². The summed E-state index contributed by atoms with van der Waals surface area (Å²) in [6, 6.07) is 4.99. The zero-order valence-electron chi connectivity index (χ0n) is 10.1. The van der Waals surface area contributed by atoms with Crippen molar-refractivity contribution in [1.82, 2.24) is 0 Å². The summed E-state index contributed by atoms with van der Waals surface area (Å²) in [5.41, 5.74) is 1.12. The van der Waals surface area contributed by atoms with Crippen molar-refractivity contribution in [2.75, 3.05) is 13.7 Å². The summed E-state index contributed by atoms with van der Waals surface area (Å²) in [7, 11) is 1.32. The van der Waals surface area contributed by atoms with Gasteiger partial charge in [-0.25, -0.2) is 9.59 Å². The molecule has 1 rings (SSSR count). The second-order valence-corrected chi connectivity index (χ2v) is 4.17. The Hall–Kier alpha value is -1.62. The van der Waals surface area contributed by atoms with E-state index in [0.717, 1.165) is 4.47 Å². The van der Waals surface area contributed by atoms with Crippen LogP contribution in [0.2, 0.25) is 0 Å². The molecule has 18 heavy (non-hydrogen) atoms. The first-order valence-corrected chi connectivity index (χ1v) is 6.10. The third-order valence-electron chi connectivity index (χ3n) is 2.10. The first kappa shape index (κ1) is 14.4. The van der Waals surface area contributed by atoms with Crippen molar-refractivity contribution in [3.8, 4) is 0 Å². The van der Waals surface area contributed by atoms with Gasteiger partial charge >= 0.3 is 11.9 Å². The lowest BCUT2D eigenvalue weighted by Crippen LogP contribution is -2.01. The van der Waals surface area contributed by atoms with Gasteiger partial charge in [-0.2, -0.15) is 0 Å². The lowest BCUT2D eigenvalue weighted by Gasteiger charge is -2.03. The number of methoxy groups -OCH3 is 1. The first-order chi connectivity index (χ1) is 8.58. The fourth-order valence-electron chi connectivity index (χ4n) is 1.26. The van der Waals surface area contributed by atoms with Crippen molar-refractivity contribution in [1.29, 1.82) is 0 Å². The van der Waals surface area contributed by atoms with E-state index < -0.39 is 11.9 Å². The highest BCUT2D eigenvalue weighted by Crippen LogP contribution is 2.20. The Morgan fingerprint density at radius 2 is 2.11 bits per heavy atom. The van der Waals surface area contributed by atoms with Gasteiger partial charge < -0.3 is 9.47 Å². The Bertz CT molecular complexity index is 480. The number of benzene rings is 1. The van der Waals surface area contributed by atoms with E-state index in [1.54, 1.807) is 31.2 Å². The van der Waals surface area contributed by atoms with Gasteiger partial charge in [0.05, 0.1) is 19.3 Å². The molecule has 0 saturated heterocycles. The van der Waals surface area contributed by atoms with Crippen LogP contribution in [0.15, 0.2) is 28.7 Å². The molecular formula is C13H13BrO4. The lowest BCUT2D eigenvalue weighted by atomic mass is 10.1. The zero-order valence-corrected chi connectivity index (χ0v) is 11.7. The summed E-state index contributed by atoms with van der Waals surface area (Å²) in [6.07, 6.45) is 2.89. The third kappa shape index (κ3) is 4.00. The lowest BCUT2D eigenvalue weighted by molar-refractivity contribution is -0.137. The van der Waals surface area contributed by atoms with Crippen LogP contribution >= 0.6 is 15.9 Å². The smallest absolute Gasteiger partial charge is 0.337 e. The molecule has 1 aromatic rings. The molecule has 0 bridgehead atoms. The molecule has 0 aliphatic carbocycles. The van der Waals surface area contributed by atoms with E-state index in [4.69, 9.17) is 4.74 Å². The predicted octanol–water partition coefficient (Wildman–Crippen LogP) is 2.81. The average Bonchev–Trinajstić information content (AvgIpc) is 2.37. The van der Waals surface area contributed by atoms with E-state index in [9.17, 15) is 9.59 Å². The van der Waals surface area contributed by atoms with Crippen LogP contribution < -0.4 is 0 Å². The number of carbonyl (C=O) groups is 2. The Morgan fingerprint density at radius 1 is 1.39 bits per heavy atom. The van der Waals surface area contributed by atoms with E-state index in [1.807, 2.05) is 0 Å². The summed E-state index contributed by atoms with van der Waals surface area (Å²) in [4.78, 5) is 22.6. The zero-order chi connectivity index (χ0) is 13.5. The third-order valence-corrected chi connectivity index (χ3v) is 2.82. The number of ether oxygens (including phenoxy) is 2. The first-order valence-electron chi connectivity index (χ1n) is 5.31. The molecule has 0 aliphatic heterocycles. The van der Waals surface area contributed by atoms with Gasteiger partial charge in [-0.05, 0) is 36.8 Å². The molecule has 1 aromatic carbocycles. The Labute approximate surface area is 114 Å². The van der Waals surface area contributed by atoms with Crippen LogP contribution in [0.1, 0.15) is 22.8 Å². The number of carbonyl (C=O) groups excluding carboxylic acids is 2. The fourth-order valence-corrected chi connectivity index (χ4v) is 1.64. The van der Waals surface area contributed by atoms with Crippen LogP contribution in [0.25, 0.3) is 6.08 Å². The molecule has 0 unspecified atom stereocenters. The highest BCUT2D eigenvalue weighted by atomic mass is 79.9. The summed E-state index contributed by atoms with van der Waals surface area (Å²) >= 11 is 3.34. The highest BCUT2D eigenvalue weighted by molar-refractivity contribution is 9.10.